The number of nitrogens with one attached hydrogen (secondary N) is 2. The van der Waals surface area contributed by atoms with Gasteiger partial charge in [-0.1, -0.05) is 0 Å². The zero-order valence-corrected chi connectivity index (χ0v) is 16.1. The van der Waals surface area contributed by atoms with E-state index in [1.807, 2.05) is 45.0 Å². The lowest BCUT2D eigenvalue weighted by molar-refractivity contribution is 0.321. The molecule has 25 heavy (non-hydrogen) atoms. The lowest BCUT2D eigenvalue weighted by Crippen LogP contribution is -2.39. The van der Waals surface area contributed by atoms with Crippen LogP contribution >= 0.6 is 11.3 Å². The molecule has 2 N–H and O–H groups in total. The highest BCUT2D eigenvalue weighted by Gasteiger charge is 2.05. The molecule has 136 valence electrons. The molecule has 1 heterocycles. The number of hydrogen-bond acceptors (Lipinski definition) is 5. The van der Waals surface area contributed by atoms with E-state index in [1.165, 1.54) is 4.88 Å². The van der Waals surface area contributed by atoms with Gasteiger partial charge in [0, 0.05) is 11.4 Å². The summed E-state index contributed by atoms with van der Waals surface area (Å²) < 4.78 is 10.8. The molecule has 0 atom stereocenters. The van der Waals surface area contributed by atoms with Crippen LogP contribution in [-0.4, -0.2) is 37.7 Å². The molecule has 1 aromatic carbocycles. The SMILES string of the molecule is CCNC(=NCc1sc(C)nc1C)NCCOc1ccc(OC)cc1. The first kappa shape index (κ1) is 19.1. The van der Waals surface area contributed by atoms with E-state index in [1.54, 1.807) is 18.4 Å². The van der Waals surface area contributed by atoms with Gasteiger partial charge in [0.15, 0.2) is 5.96 Å². The second-order valence-electron chi connectivity index (χ2n) is 5.39. The standard InChI is InChI=1S/C18H26N4O2S/c1-5-19-18(21-12-17-13(2)22-14(3)25-17)20-10-11-24-16-8-6-15(23-4)7-9-16/h6-9H,5,10-12H2,1-4H3,(H2,19,20,21). The zero-order valence-electron chi connectivity index (χ0n) is 15.3. The predicted octanol–water partition coefficient (Wildman–Crippen LogP) is 2.90. The summed E-state index contributed by atoms with van der Waals surface area (Å²) in [4.78, 5) is 10.3. The molecule has 2 rings (SSSR count). The Morgan fingerprint density at radius 3 is 2.48 bits per heavy atom. The number of ether oxygens (including phenoxy) is 2. The number of rotatable bonds is 8. The third kappa shape index (κ3) is 6.26. The van der Waals surface area contributed by atoms with E-state index in [0.717, 1.165) is 34.7 Å². The van der Waals surface area contributed by atoms with Crippen molar-refractivity contribution in [2.45, 2.75) is 27.3 Å². The van der Waals surface area contributed by atoms with Gasteiger partial charge in [-0.15, -0.1) is 11.3 Å². The van der Waals surface area contributed by atoms with Gasteiger partial charge < -0.3 is 20.1 Å². The largest absolute Gasteiger partial charge is 0.497 e. The highest BCUT2D eigenvalue weighted by atomic mass is 32.1. The van der Waals surface area contributed by atoms with E-state index in [9.17, 15) is 0 Å². The summed E-state index contributed by atoms with van der Waals surface area (Å²) in [5.74, 6) is 2.42. The Morgan fingerprint density at radius 2 is 1.88 bits per heavy atom. The Balaban J connectivity index is 1.80. The Bertz CT molecular complexity index is 683. The van der Waals surface area contributed by atoms with E-state index in [-0.39, 0.29) is 0 Å². The zero-order chi connectivity index (χ0) is 18.1. The molecule has 0 radical (unpaired) electrons. The molecule has 0 saturated heterocycles. The van der Waals surface area contributed by atoms with Crippen molar-refractivity contribution < 1.29 is 9.47 Å². The number of hydrogen-bond donors (Lipinski definition) is 2. The fourth-order valence-corrected chi connectivity index (χ4v) is 3.08. The summed E-state index contributed by atoms with van der Waals surface area (Å²) in [7, 11) is 1.65. The van der Waals surface area contributed by atoms with Crippen LogP contribution in [0.2, 0.25) is 0 Å². The summed E-state index contributed by atoms with van der Waals surface area (Å²) in [6.45, 7) is 8.75. The molecule has 0 fully saturated rings. The number of nitrogens with zero attached hydrogens (tertiary/aromatic N) is 2. The molecule has 0 amide bonds. The van der Waals surface area contributed by atoms with Crippen molar-refractivity contribution in [2.75, 3.05) is 26.8 Å². The second kappa shape index (κ2) is 9.88. The number of thiazole rings is 1. The predicted molar refractivity (Wildman–Crippen MR) is 103 cm³/mol. The smallest absolute Gasteiger partial charge is 0.191 e. The van der Waals surface area contributed by atoms with Gasteiger partial charge in [0.1, 0.15) is 18.1 Å². The van der Waals surface area contributed by atoms with Crippen LogP contribution in [0.5, 0.6) is 11.5 Å². The number of benzene rings is 1. The van der Waals surface area contributed by atoms with Crippen molar-refractivity contribution in [3.63, 3.8) is 0 Å². The molecular formula is C18H26N4O2S. The van der Waals surface area contributed by atoms with Gasteiger partial charge in [-0.25, -0.2) is 9.98 Å². The molecule has 0 unspecified atom stereocenters. The maximum Gasteiger partial charge on any atom is 0.191 e. The first-order chi connectivity index (χ1) is 12.1. The lowest BCUT2D eigenvalue weighted by Gasteiger charge is -2.12. The van der Waals surface area contributed by atoms with Crippen LogP contribution in [0.15, 0.2) is 29.3 Å². The van der Waals surface area contributed by atoms with E-state index in [0.29, 0.717) is 19.7 Å². The molecule has 6 nitrogen and oxygen atoms in total. The lowest BCUT2D eigenvalue weighted by atomic mass is 10.3. The first-order valence-corrected chi connectivity index (χ1v) is 9.16. The number of methoxy groups -OCH3 is 1. The van der Waals surface area contributed by atoms with Gasteiger partial charge in [0.05, 0.1) is 30.9 Å². The molecule has 0 bridgehead atoms. The number of aryl methyl sites for hydroxylation is 2. The quantitative estimate of drug-likeness (QED) is 0.429. The average Bonchev–Trinajstić information content (AvgIpc) is 2.94. The van der Waals surface area contributed by atoms with E-state index in [2.05, 4.69) is 20.6 Å². The van der Waals surface area contributed by atoms with Gasteiger partial charge in [-0.2, -0.15) is 0 Å². The van der Waals surface area contributed by atoms with Gasteiger partial charge in [0.25, 0.3) is 0 Å². The Hall–Kier alpha value is -2.28. The highest BCUT2D eigenvalue weighted by Crippen LogP contribution is 2.18. The van der Waals surface area contributed by atoms with Crippen LogP contribution in [0, 0.1) is 13.8 Å². The van der Waals surface area contributed by atoms with Crippen LogP contribution in [0.1, 0.15) is 22.5 Å². The summed E-state index contributed by atoms with van der Waals surface area (Å²) in [5.41, 5.74) is 1.06. The maximum atomic E-state index is 5.71. The minimum Gasteiger partial charge on any atom is -0.497 e. The maximum absolute atomic E-state index is 5.71. The molecule has 7 heteroatoms. The fraction of sp³-hybridized carbons (Fsp3) is 0.444. The van der Waals surface area contributed by atoms with Crippen molar-refractivity contribution >= 4 is 17.3 Å². The van der Waals surface area contributed by atoms with Crippen LogP contribution in [0.4, 0.5) is 0 Å². The third-order valence-electron chi connectivity index (χ3n) is 3.45. The van der Waals surface area contributed by atoms with Gasteiger partial charge in [-0.05, 0) is 45.0 Å². The van der Waals surface area contributed by atoms with Crippen LogP contribution in [-0.2, 0) is 6.54 Å². The third-order valence-corrected chi connectivity index (χ3v) is 4.50. The Kier molecular flexibility index (Phi) is 7.53. The summed E-state index contributed by atoms with van der Waals surface area (Å²) in [6, 6.07) is 7.56. The second-order valence-corrected chi connectivity index (χ2v) is 6.68. The molecule has 0 aliphatic heterocycles. The van der Waals surface area contributed by atoms with Crippen molar-refractivity contribution in [3.8, 4) is 11.5 Å². The Morgan fingerprint density at radius 1 is 1.16 bits per heavy atom. The first-order valence-electron chi connectivity index (χ1n) is 8.34. The van der Waals surface area contributed by atoms with Crippen molar-refractivity contribution in [1.29, 1.82) is 0 Å². The van der Waals surface area contributed by atoms with Gasteiger partial charge in [-0.3, -0.25) is 0 Å². The van der Waals surface area contributed by atoms with Crippen LogP contribution < -0.4 is 20.1 Å². The fourth-order valence-electron chi connectivity index (χ4n) is 2.22. The summed E-state index contributed by atoms with van der Waals surface area (Å²) >= 11 is 1.69. The number of aromatic nitrogens is 1. The molecule has 0 aliphatic carbocycles. The monoisotopic (exact) mass is 362 g/mol. The van der Waals surface area contributed by atoms with E-state index < -0.39 is 0 Å². The minimum absolute atomic E-state index is 0.551. The molecular weight excluding hydrogens is 336 g/mol. The van der Waals surface area contributed by atoms with Crippen molar-refractivity contribution in [3.05, 3.63) is 39.8 Å². The van der Waals surface area contributed by atoms with E-state index in [4.69, 9.17) is 9.47 Å². The molecule has 0 saturated carbocycles. The number of guanidine groups is 1. The molecule has 0 spiro atoms. The summed E-state index contributed by atoms with van der Waals surface area (Å²) in [5, 5.41) is 7.60. The van der Waals surface area contributed by atoms with Gasteiger partial charge >= 0.3 is 0 Å². The number of aliphatic imine (C=N–C) groups is 1. The van der Waals surface area contributed by atoms with E-state index >= 15 is 0 Å². The normalized spacial score (nSPS) is 11.3. The summed E-state index contributed by atoms with van der Waals surface area (Å²) in [6.07, 6.45) is 0. The van der Waals surface area contributed by atoms with Crippen LogP contribution in [0.3, 0.4) is 0 Å². The molecule has 1 aromatic heterocycles. The van der Waals surface area contributed by atoms with Crippen LogP contribution in [0.25, 0.3) is 0 Å². The molecule has 0 aliphatic rings. The van der Waals surface area contributed by atoms with Crippen molar-refractivity contribution in [1.82, 2.24) is 15.6 Å². The highest BCUT2D eigenvalue weighted by molar-refractivity contribution is 7.11. The average molecular weight is 362 g/mol. The minimum atomic E-state index is 0.551. The van der Waals surface area contributed by atoms with Crippen molar-refractivity contribution in [2.24, 2.45) is 4.99 Å². The molecule has 2 aromatic rings. The Labute approximate surface area is 153 Å². The topological polar surface area (TPSA) is 67.8 Å². The van der Waals surface area contributed by atoms with Gasteiger partial charge in [0.2, 0.25) is 0 Å².